The molecule has 12 heteroatoms. The SMILES string of the molecule is COC(=O)c1ccccc1S(=O)(=O)N1CCC(C(=O)OCc2nc(-c3cccnc3)no2)CC1. The molecular weight excluding hydrogens is 464 g/mol. The molecule has 4 rings (SSSR count). The van der Waals surface area contributed by atoms with Crippen LogP contribution in [0.25, 0.3) is 11.4 Å². The normalized spacial score (nSPS) is 15.1. The number of rotatable bonds is 7. The van der Waals surface area contributed by atoms with Gasteiger partial charge in [-0.3, -0.25) is 9.78 Å². The Morgan fingerprint density at radius 2 is 1.91 bits per heavy atom. The molecule has 0 atom stereocenters. The summed E-state index contributed by atoms with van der Waals surface area (Å²) in [4.78, 5) is 32.5. The molecule has 3 aromatic rings. The Labute approximate surface area is 195 Å². The Balaban J connectivity index is 1.34. The molecular formula is C22H22N4O7S. The maximum atomic E-state index is 13.1. The number of carbonyl (C=O) groups excluding carboxylic acids is 2. The number of esters is 2. The molecule has 0 amide bonds. The summed E-state index contributed by atoms with van der Waals surface area (Å²) in [7, 11) is -2.74. The Bertz CT molecular complexity index is 1270. The molecule has 3 heterocycles. The van der Waals surface area contributed by atoms with Crippen molar-refractivity contribution in [3.8, 4) is 11.4 Å². The van der Waals surface area contributed by atoms with Crippen molar-refractivity contribution in [2.24, 2.45) is 5.92 Å². The van der Waals surface area contributed by atoms with Crippen LogP contribution in [-0.4, -0.2) is 60.0 Å². The van der Waals surface area contributed by atoms with Gasteiger partial charge in [-0.15, -0.1) is 0 Å². The van der Waals surface area contributed by atoms with Gasteiger partial charge in [0.15, 0.2) is 6.61 Å². The van der Waals surface area contributed by atoms with Crippen LogP contribution in [0.3, 0.4) is 0 Å². The third-order valence-electron chi connectivity index (χ3n) is 5.42. The second-order valence-electron chi connectivity index (χ2n) is 7.53. The second-order valence-corrected chi connectivity index (χ2v) is 9.43. The topological polar surface area (TPSA) is 142 Å². The van der Waals surface area contributed by atoms with Gasteiger partial charge in [-0.2, -0.15) is 9.29 Å². The zero-order valence-electron chi connectivity index (χ0n) is 18.3. The zero-order chi connectivity index (χ0) is 24.1. The minimum atomic E-state index is -3.93. The van der Waals surface area contributed by atoms with Crippen molar-refractivity contribution in [3.63, 3.8) is 0 Å². The number of ether oxygens (including phenoxy) is 2. The average molecular weight is 487 g/mol. The molecule has 0 radical (unpaired) electrons. The molecule has 1 aliphatic rings. The predicted octanol–water partition coefficient (Wildman–Crippen LogP) is 2.06. The fourth-order valence-electron chi connectivity index (χ4n) is 3.62. The number of benzene rings is 1. The monoisotopic (exact) mass is 486 g/mol. The first-order chi connectivity index (χ1) is 16.4. The highest BCUT2D eigenvalue weighted by Gasteiger charge is 2.35. The number of hydrogen-bond acceptors (Lipinski definition) is 10. The molecule has 0 saturated carbocycles. The molecule has 0 aliphatic carbocycles. The van der Waals surface area contributed by atoms with Gasteiger partial charge in [-0.25, -0.2) is 13.2 Å². The first-order valence-electron chi connectivity index (χ1n) is 10.5. The van der Waals surface area contributed by atoms with Crippen molar-refractivity contribution in [3.05, 3.63) is 60.2 Å². The number of pyridine rings is 1. The van der Waals surface area contributed by atoms with E-state index in [4.69, 9.17) is 14.0 Å². The van der Waals surface area contributed by atoms with Gasteiger partial charge in [-0.1, -0.05) is 17.3 Å². The van der Waals surface area contributed by atoms with Crippen molar-refractivity contribution in [1.29, 1.82) is 0 Å². The van der Waals surface area contributed by atoms with Crippen molar-refractivity contribution >= 4 is 22.0 Å². The number of sulfonamides is 1. The van der Waals surface area contributed by atoms with Crippen LogP contribution in [0.1, 0.15) is 29.1 Å². The van der Waals surface area contributed by atoms with E-state index in [0.29, 0.717) is 11.4 Å². The van der Waals surface area contributed by atoms with E-state index in [-0.39, 0.29) is 48.9 Å². The molecule has 1 aromatic carbocycles. The van der Waals surface area contributed by atoms with Crippen LogP contribution in [0, 0.1) is 5.92 Å². The summed E-state index contributed by atoms with van der Waals surface area (Å²) in [5.41, 5.74) is 0.642. The summed E-state index contributed by atoms with van der Waals surface area (Å²) in [6, 6.07) is 9.40. The van der Waals surface area contributed by atoms with E-state index in [1.807, 2.05) is 0 Å². The summed E-state index contributed by atoms with van der Waals surface area (Å²) in [6.45, 7) is 0.0454. The molecule has 0 unspecified atom stereocenters. The van der Waals surface area contributed by atoms with Crippen LogP contribution in [0.15, 0.2) is 58.2 Å². The molecule has 178 valence electrons. The lowest BCUT2D eigenvalue weighted by Gasteiger charge is -2.30. The maximum absolute atomic E-state index is 13.1. The van der Waals surface area contributed by atoms with Gasteiger partial charge in [0.05, 0.1) is 23.5 Å². The summed E-state index contributed by atoms with van der Waals surface area (Å²) in [5.74, 6) is -1.18. The number of nitrogens with zero attached hydrogens (tertiary/aromatic N) is 4. The predicted molar refractivity (Wildman–Crippen MR) is 117 cm³/mol. The molecule has 2 aromatic heterocycles. The Hall–Kier alpha value is -3.64. The summed E-state index contributed by atoms with van der Waals surface area (Å²) < 4.78 is 42.6. The first kappa shape index (κ1) is 23.5. The quantitative estimate of drug-likeness (QED) is 0.455. The van der Waals surface area contributed by atoms with E-state index >= 15 is 0 Å². The van der Waals surface area contributed by atoms with Crippen LogP contribution < -0.4 is 0 Å². The van der Waals surface area contributed by atoms with E-state index in [1.165, 1.54) is 23.5 Å². The number of piperidine rings is 1. The van der Waals surface area contributed by atoms with E-state index in [1.54, 1.807) is 36.7 Å². The Morgan fingerprint density at radius 3 is 2.62 bits per heavy atom. The Morgan fingerprint density at radius 1 is 1.15 bits per heavy atom. The minimum Gasteiger partial charge on any atom is -0.465 e. The fraction of sp³-hybridized carbons (Fsp3) is 0.318. The largest absolute Gasteiger partial charge is 0.465 e. The first-order valence-corrected chi connectivity index (χ1v) is 11.9. The molecule has 1 saturated heterocycles. The highest BCUT2D eigenvalue weighted by atomic mass is 32.2. The fourth-order valence-corrected chi connectivity index (χ4v) is 5.27. The van der Waals surface area contributed by atoms with Crippen molar-refractivity contribution < 1.29 is 32.0 Å². The van der Waals surface area contributed by atoms with Crippen molar-refractivity contribution in [2.75, 3.05) is 20.2 Å². The molecule has 1 aliphatic heterocycles. The lowest BCUT2D eigenvalue weighted by molar-refractivity contribution is -0.152. The summed E-state index contributed by atoms with van der Waals surface area (Å²) in [5, 5.41) is 3.84. The van der Waals surface area contributed by atoms with Gasteiger partial charge in [0, 0.05) is 31.0 Å². The van der Waals surface area contributed by atoms with Gasteiger partial charge in [0.2, 0.25) is 15.8 Å². The third kappa shape index (κ3) is 4.97. The van der Waals surface area contributed by atoms with E-state index in [2.05, 4.69) is 15.1 Å². The van der Waals surface area contributed by atoms with Crippen molar-refractivity contribution in [1.82, 2.24) is 19.4 Å². The summed E-state index contributed by atoms with van der Waals surface area (Å²) in [6.07, 6.45) is 3.78. The Kier molecular flexibility index (Phi) is 6.98. The van der Waals surface area contributed by atoms with Gasteiger partial charge >= 0.3 is 11.9 Å². The smallest absolute Gasteiger partial charge is 0.339 e. The minimum absolute atomic E-state index is 0.0308. The summed E-state index contributed by atoms with van der Waals surface area (Å²) >= 11 is 0. The van der Waals surface area contributed by atoms with Crippen LogP contribution in [0.5, 0.6) is 0 Å². The molecule has 34 heavy (non-hydrogen) atoms. The standard InChI is InChI=1S/C22H22N4O7S/c1-31-22(28)17-6-2-3-7-18(17)34(29,30)26-11-8-15(9-12-26)21(27)32-14-19-24-20(25-33-19)16-5-4-10-23-13-16/h2-7,10,13,15H,8-9,11-12,14H2,1H3. The van der Waals surface area contributed by atoms with Gasteiger partial charge in [-0.05, 0) is 37.1 Å². The number of hydrogen-bond donors (Lipinski definition) is 0. The molecule has 0 N–H and O–H groups in total. The second kappa shape index (κ2) is 10.1. The van der Waals surface area contributed by atoms with Gasteiger partial charge in [0.25, 0.3) is 5.89 Å². The van der Waals surface area contributed by atoms with Crippen LogP contribution in [0.2, 0.25) is 0 Å². The lowest BCUT2D eigenvalue weighted by atomic mass is 9.98. The van der Waals surface area contributed by atoms with Crippen LogP contribution >= 0.6 is 0 Å². The average Bonchev–Trinajstić information content (AvgIpc) is 3.36. The molecule has 11 nitrogen and oxygen atoms in total. The third-order valence-corrected chi connectivity index (χ3v) is 7.38. The van der Waals surface area contributed by atoms with E-state index in [0.717, 1.165) is 0 Å². The van der Waals surface area contributed by atoms with E-state index in [9.17, 15) is 18.0 Å². The highest BCUT2D eigenvalue weighted by Crippen LogP contribution is 2.27. The molecule has 0 spiro atoms. The van der Waals surface area contributed by atoms with Gasteiger partial charge in [0.1, 0.15) is 0 Å². The maximum Gasteiger partial charge on any atom is 0.339 e. The highest BCUT2D eigenvalue weighted by molar-refractivity contribution is 7.89. The van der Waals surface area contributed by atoms with Crippen molar-refractivity contribution in [2.45, 2.75) is 24.3 Å². The lowest BCUT2D eigenvalue weighted by Crippen LogP contribution is -2.41. The van der Waals surface area contributed by atoms with Crippen LogP contribution in [-0.2, 0) is 30.9 Å². The number of methoxy groups -OCH3 is 1. The number of carbonyl (C=O) groups is 2. The van der Waals surface area contributed by atoms with E-state index < -0.39 is 27.9 Å². The molecule has 1 fully saturated rings. The number of aromatic nitrogens is 3. The molecule has 0 bridgehead atoms. The van der Waals surface area contributed by atoms with Gasteiger partial charge < -0.3 is 14.0 Å². The zero-order valence-corrected chi connectivity index (χ0v) is 19.1. The van der Waals surface area contributed by atoms with Crippen LogP contribution in [0.4, 0.5) is 0 Å².